The molecular weight excluding hydrogens is 410 g/mol. The number of amides is 2. The van der Waals surface area contributed by atoms with Gasteiger partial charge in [0, 0.05) is 11.0 Å². The standard InChI is InChI=1S/C17H24BrN3O3.ClH/c1-11(2)16(19)17(23)20-9-15(22)21-6-7-24-14(10-21)12-4-3-5-13(18)8-12;/h3-5,8,11,14,16H,6-7,9-10,19H2,1-2H3,(H,20,23);1H/t14?,16-;/m0./s1. The molecule has 2 amide bonds. The first kappa shape index (κ1) is 21.9. The van der Waals surface area contributed by atoms with Gasteiger partial charge < -0.3 is 20.7 Å². The number of hydrogen-bond acceptors (Lipinski definition) is 4. The quantitative estimate of drug-likeness (QED) is 0.741. The van der Waals surface area contributed by atoms with Gasteiger partial charge in [0.15, 0.2) is 0 Å². The van der Waals surface area contributed by atoms with Crippen LogP contribution in [-0.2, 0) is 14.3 Å². The molecule has 1 saturated heterocycles. The lowest BCUT2D eigenvalue weighted by Gasteiger charge is -2.33. The van der Waals surface area contributed by atoms with Crippen LogP contribution in [0.3, 0.4) is 0 Å². The largest absolute Gasteiger partial charge is 0.370 e. The summed E-state index contributed by atoms with van der Waals surface area (Å²) in [5.74, 6) is -0.387. The molecule has 0 spiro atoms. The highest BCUT2D eigenvalue weighted by Gasteiger charge is 2.26. The minimum atomic E-state index is -0.600. The SMILES string of the molecule is CC(C)[C@H](N)C(=O)NCC(=O)N1CCOC(c2cccc(Br)c2)C1.Cl. The van der Waals surface area contributed by atoms with E-state index < -0.39 is 6.04 Å². The lowest BCUT2D eigenvalue weighted by Crippen LogP contribution is -2.50. The van der Waals surface area contributed by atoms with E-state index >= 15 is 0 Å². The number of rotatable bonds is 5. The van der Waals surface area contributed by atoms with E-state index in [1.165, 1.54) is 0 Å². The van der Waals surface area contributed by atoms with Crippen LogP contribution in [0.2, 0.25) is 0 Å². The number of hydrogen-bond donors (Lipinski definition) is 2. The number of benzene rings is 1. The highest BCUT2D eigenvalue weighted by Crippen LogP contribution is 2.24. The first-order chi connectivity index (χ1) is 11.4. The first-order valence-corrected chi connectivity index (χ1v) is 8.86. The summed E-state index contributed by atoms with van der Waals surface area (Å²) >= 11 is 3.44. The van der Waals surface area contributed by atoms with Crippen LogP contribution in [0.25, 0.3) is 0 Å². The second kappa shape index (κ2) is 10.1. The molecule has 1 unspecified atom stereocenters. The molecule has 3 N–H and O–H groups in total. The lowest BCUT2D eigenvalue weighted by molar-refractivity contribution is -0.139. The predicted octanol–water partition coefficient (Wildman–Crippen LogP) is 1.87. The van der Waals surface area contributed by atoms with E-state index in [4.69, 9.17) is 10.5 Å². The topological polar surface area (TPSA) is 84.7 Å². The molecule has 140 valence electrons. The molecule has 1 aromatic rings. The van der Waals surface area contributed by atoms with E-state index in [1.807, 2.05) is 38.1 Å². The molecule has 0 radical (unpaired) electrons. The van der Waals surface area contributed by atoms with Gasteiger partial charge in [-0.2, -0.15) is 0 Å². The van der Waals surface area contributed by atoms with Crippen LogP contribution in [0.4, 0.5) is 0 Å². The van der Waals surface area contributed by atoms with Crippen molar-refractivity contribution in [1.82, 2.24) is 10.2 Å². The maximum atomic E-state index is 12.3. The molecule has 1 fully saturated rings. The maximum Gasteiger partial charge on any atom is 0.242 e. The van der Waals surface area contributed by atoms with Gasteiger partial charge in [0.05, 0.1) is 25.7 Å². The molecule has 8 heteroatoms. The Morgan fingerprint density at radius 3 is 2.80 bits per heavy atom. The van der Waals surface area contributed by atoms with Crippen LogP contribution < -0.4 is 11.1 Å². The second-order valence-electron chi connectivity index (χ2n) is 6.24. The number of carbonyl (C=O) groups excluding carboxylic acids is 2. The van der Waals surface area contributed by atoms with E-state index in [0.717, 1.165) is 10.0 Å². The van der Waals surface area contributed by atoms with Crippen molar-refractivity contribution in [2.75, 3.05) is 26.2 Å². The summed E-state index contributed by atoms with van der Waals surface area (Å²) < 4.78 is 6.75. The maximum absolute atomic E-state index is 12.3. The summed E-state index contributed by atoms with van der Waals surface area (Å²) in [5.41, 5.74) is 6.80. The van der Waals surface area contributed by atoms with Gasteiger partial charge >= 0.3 is 0 Å². The number of nitrogens with two attached hydrogens (primary N) is 1. The average Bonchev–Trinajstić information content (AvgIpc) is 2.58. The summed E-state index contributed by atoms with van der Waals surface area (Å²) in [7, 11) is 0. The highest BCUT2D eigenvalue weighted by atomic mass is 79.9. The van der Waals surface area contributed by atoms with Gasteiger partial charge in [0.2, 0.25) is 11.8 Å². The summed E-state index contributed by atoms with van der Waals surface area (Å²) in [6, 6.07) is 7.26. The minimum Gasteiger partial charge on any atom is -0.370 e. The van der Waals surface area contributed by atoms with Crippen LogP contribution >= 0.6 is 28.3 Å². The van der Waals surface area contributed by atoms with E-state index in [-0.39, 0.29) is 42.8 Å². The van der Waals surface area contributed by atoms with Crippen LogP contribution in [-0.4, -0.2) is 49.0 Å². The predicted molar refractivity (Wildman–Crippen MR) is 102 cm³/mol. The Labute approximate surface area is 163 Å². The van der Waals surface area contributed by atoms with Crippen molar-refractivity contribution in [1.29, 1.82) is 0 Å². The molecule has 1 heterocycles. The zero-order valence-electron chi connectivity index (χ0n) is 14.4. The monoisotopic (exact) mass is 433 g/mol. The zero-order valence-corrected chi connectivity index (χ0v) is 16.8. The molecule has 1 aromatic carbocycles. The van der Waals surface area contributed by atoms with Crippen LogP contribution in [0, 0.1) is 5.92 Å². The fourth-order valence-electron chi connectivity index (χ4n) is 2.48. The molecule has 1 aliphatic rings. The molecule has 0 aliphatic carbocycles. The number of morpholine rings is 1. The summed E-state index contributed by atoms with van der Waals surface area (Å²) in [4.78, 5) is 25.9. The van der Waals surface area contributed by atoms with Gasteiger partial charge in [-0.05, 0) is 23.6 Å². The van der Waals surface area contributed by atoms with E-state index in [1.54, 1.807) is 4.90 Å². The lowest BCUT2D eigenvalue weighted by atomic mass is 10.1. The van der Waals surface area contributed by atoms with Crippen molar-refractivity contribution in [3.05, 3.63) is 34.3 Å². The van der Waals surface area contributed by atoms with Gasteiger partial charge in [-0.3, -0.25) is 9.59 Å². The summed E-state index contributed by atoms with van der Waals surface area (Å²) in [6.45, 7) is 5.18. The Balaban J connectivity index is 0.00000312. The number of ether oxygens (including phenoxy) is 1. The zero-order chi connectivity index (χ0) is 17.7. The fraction of sp³-hybridized carbons (Fsp3) is 0.529. The van der Waals surface area contributed by atoms with Crippen molar-refractivity contribution >= 4 is 40.2 Å². The van der Waals surface area contributed by atoms with Crippen molar-refractivity contribution in [2.24, 2.45) is 11.7 Å². The van der Waals surface area contributed by atoms with Crippen LogP contribution in [0.15, 0.2) is 28.7 Å². The smallest absolute Gasteiger partial charge is 0.242 e. The molecular formula is C17H25BrClN3O3. The van der Waals surface area contributed by atoms with Gasteiger partial charge in [-0.15, -0.1) is 12.4 Å². The Bertz CT molecular complexity index is 600. The normalized spacial score (nSPS) is 18.4. The Morgan fingerprint density at radius 2 is 2.16 bits per heavy atom. The van der Waals surface area contributed by atoms with Crippen molar-refractivity contribution in [3.8, 4) is 0 Å². The molecule has 0 bridgehead atoms. The third-order valence-corrected chi connectivity index (χ3v) is 4.57. The number of carbonyl (C=O) groups is 2. The fourth-order valence-corrected chi connectivity index (χ4v) is 2.90. The molecule has 2 rings (SSSR count). The second-order valence-corrected chi connectivity index (χ2v) is 7.16. The molecule has 2 atom stereocenters. The Morgan fingerprint density at radius 1 is 1.44 bits per heavy atom. The summed E-state index contributed by atoms with van der Waals surface area (Å²) in [5, 5.41) is 2.62. The summed E-state index contributed by atoms with van der Waals surface area (Å²) in [6.07, 6.45) is -0.158. The molecule has 0 saturated carbocycles. The molecule has 25 heavy (non-hydrogen) atoms. The van der Waals surface area contributed by atoms with E-state index in [0.29, 0.717) is 19.7 Å². The average molecular weight is 435 g/mol. The third-order valence-electron chi connectivity index (χ3n) is 4.07. The van der Waals surface area contributed by atoms with Crippen molar-refractivity contribution in [2.45, 2.75) is 26.0 Å². The molecule has 1 aliphatic heterocycles. The first-order valence-electron chi connectivity index (χ1n) is 8.06. The van der Waals surface area contributed by atoms with Crippen molar-refractivity contribution in [3.63, 3.8) is 0 Å². The van der Waals surface area contributed by atoms with Crippen LogP contribution in [0.5, 0.6) is 0 Å². The number of nitrogens with one attached hydrogen (secondary N) is 1. The Kier molecular flexibility index (Phi) is 8.85. The molecule has 0 aromatic heterocycles. The Hall–Kier alpha value is -1.15. The highest BCUT2D eigenvalue weighted by molar-refractivity contribution is 9.10. The van der Waals surface area contributed by atoms with Gasteiger partial charge in [0.1, 0.15) is 6.10 Å². The van der Waals surface area contributed by atoms with Gasteiger partial charge in [-0.1, -0.05) is 41.9 Å². The van der Waals surface area contributed by atoms with Gasteiger partial charge in [0.25, 0.3) is 0 Å². The van der Waals surface area contributed by atoms with E-state index in [2.05, 4.69) is 21.2 Å². The number of halogens is 2. The minimum absolute atomic E-state index is 0. The number of nitrogens with zero attached hydrogens (tertiary/aromatic N) is 1. The van der Waals surface area contributed by atoms with Crippen molar-refractivity contribution < 1.29 is 14.3 Å². The third kappa shape index (κ3) is 6.26. The van der Waals surface area contributed by atoms with Gasteiger partial charge in [-0.25, -0.2) is 0 Å². The molecule has 6 nitrogen and oxygen atoms in total. The van der Waals surface area contributed by atoms with E-state index in [9.17, 15) is 9.59 Å². The van der Waals surface area contributed by atoms with Crippen LogP contribution in [0.1, 0.15) is 25.5 Å².